The topological polar surface area (TPSA) is 75.9 Å². The smallest absolute Gasteiger partial charge is 0.170 e. The van der Waals surface area contributed by atoms with Gasteiger partial charge in [-0.1, -0.05) is 37.5 Å². The van der Waals surface area contributed by atoms with Crippen LogP contribution in [0.5, 0.6) is 0 Å². The predicted octanol–water partition coefficient (Wildman–Crippen LogP) is 1.45. The van der Waals surface area contributed by atoms with Crippen LogP contribution in [0, 0.1) is 0 Å². The maximum Gasteiger partial charge on any atom is 0.170 e. The van der Waals surface area contributed by atoms with Crippen LogP contribution in [0.3, 0.4) is 0 Å². The summed E-state index contributed by atoms with van der Waals surface area (Å²) in [5.41, 5.74) is 0.770. The number of hydrogen-bond acceptors (Lipinski definition) is 5. The zero-order valence-electron chi connectivity index (χ0n) is 12.1. The van der Waals surface area contributed by atoms with Crippen LogP contribution in [0.2, 0.25) is 0 Å². The molecule has 2 N–H and O–H groups in total. The maximum atomic E-state index is 9.74. The van der Waals surface area contributed by atoms with Crippen LogP contribution < -0.4 is 5.32 Å². The van der Waals surface area contributed by atoms with E-state index in [1.165, 1.54) is 6.42 Å². The summed E-state index contributed by atoms with van der Waals surface area (Å²) in [4.78, 5) is 0. The van der Waals surface area contributed by atoms with Gasteiger partial charge in [-0.25, -0.2) is 0 Å². The number of tetrazole rings is 1. The molecule has 0 spiro atoms. The van der Waals surface area contributed by atoms with E-state index in [-0.39, 0.29) is 12.1 Å². The van der Waals surface area contributed by atoms with Gasteiger partial charge in [-0.15, -0.1) is 5.10 Å². The van der Waals surface area contributed by atoms with Crippen molar-refractivity contribution in [1.29, 1.82) is 0 Å². The summed E-state index contributed by atoms with van der Waals surface area (Å²) in [5, 5.41) is 25.1. The van der Waals surface area contributed by atoms with Gasteiger partial charge in [-0.05, 0) is 35.4 Å². The molecule has 1 heterocycles. The number of para-hydroxylation sites is 1. The second-order valence-electron chi connectivity index (χ2n) is 5.70. The van der Waals surface area contributed by atoms with Gasteiger partial charge < -0.3 is 10.4 Å². The Morgan fingerprint density at radius 1 is 1.14 bits per heavy atom. The Morgan fingerprint density at radius 3 is 2.62 bits per heavy atom. The van der Waals surface area contributed by atoms with E-state index in [0.717, 1.165) is 37.2 Å². The van der Waals surface area contributed by atoms with E-state index in [1.807, 2.05) is 30.3 Å². The molecule has 2 aromatic rings. The highest BCUT2D eigenvalue weighted by molar-refractivity contribution is 5.30. The Hall–Kier alpha value is -1.79. The first kappa shape index (κ1) is 14.2. The molecular formula is C15H21N5O. The largest absolute Gasteiger partial charge is 0.394 e. The zero-order chi connectivity index (χ0) is 14.5. The van der Waals surface area contributed by atoms with E-state index in [9.17, 15) is 5.11 Å². The lowest BCUT2D eigenvalue weighted by Crippen LogP contribution is -2.49. The Balaban J connectivity index is 1.73. The number of hydrogen-bond donors (Lipinski definition) is 2. The Bertz CT molecular complexity index is 562. The van der Waals surface area contributed by atoms with Crippen LogP contribution in [0.4, 0.5) is 0 Å². The van der Waals surface area contributed by atoms with E-state index in [1.54, 1.807) is 4.68 Å². The summed E-state index contributed by atoms with van der Waals surface area (Å²) in [6, 6.07) is 9.84. The highest BCUT2D eigenvalue weighted by atomic mass is 16.3. The van der Waals surface area contributed by atoms with Crippen molar-refractivity contribution in [2.24, 2.45) is 0 Å². The van der Waals surface area contributed by atoms with E-state index >= 15 is 0 Å². The number of aliphatic hydroxyl groups excluding tert-OH is 1. The molecule has 1 aliphatic rings. The van der Waals surface area contributed by atoms with Crippen LogP contribution in [-0.4, -0.2) is 37.5 Å². The minimum atomic E-state index is -0.175. The fraction of sp³-hybridized carbons (Fsp3) is 0.533. The fourth-order valence-electron chi connectivity index (χ4n) is 2.97. The highest BCUT2D eigenvalue weighted by Crippen LogP contribution is 2.28. The molecule has 6 heteroatoms. The van der Waals surface area contributed by atoms with E-state index in [4.69, 9.17) is 0 Å². The van der Waals surface area contributed by atoms with Crippen LogP contribution in [0.15, 0.2) is 30.3 Å². The molecule has 6 nitrogen and oxygen atoms in total. The molecule has 0 bridgehead atoms. The average molecular weight is 287 g/mol. The monoisotopic (exact) mass is 287 g/mol. The summed E-state index contributed by atoms with van der Waals surface area (Å²) in [6.45, 7) is 0.725. The van der Waals surface area contributed by atoms with Gasteiger partial charge >= 0.3 is 0 Å². The van der Waals surface area contributed by atoms with Crippen LogP contribution in [0.1, 0.15) is 37.9 Å². The molecule has 0 radical (unpaired) electrons. The SMILES string of the molecule is OCC1(NCc2nnnn2-c2ccccc2)CCCCC1. The molecule has 1 fully saturated rings. The molecule has 0 unspecified atom stereocenters. The summed E-state index contributed by atoms with van der Waals surface area (Å²) in [5.74, 6) is 0.764. The minimum absolute atomic E-state index is 0.167. The number of benzene rings is 1. The van der Waals surface area contributed by atoms with Crippen molar-refractivity contribution in [3.05, 3.63) is 36.2 Å². The number of aromatic nitrogens is 4. The quantitative estimate of drug-likeness (QED) is 0.870. The number of nitrogens with zero attached hydrogens (tertiary/aromatic N) is 4. The second kappa shape index (κ2) is 6.32. The van der Waals surface area contributed by atoms with Crippen molar-refractivity contribution in [3.8, 4) is 5.69 Å². The molecule has 3 rings (SSSR count). The normalized spacial score (nSPS) is 17.8. The van der Waals surface area contributed by atoms with E-state index in [0.29, 0.717) is 6.54 Å². The Labute approximate surface area is 124 Å². The number of nitrogens with one attached hydrogen (secondary N) is 1. The molecule has 0 amide bonds. The van der Waals surface area contributed by atoms with Crippen molar-refractivity contribution >= 4 is 0 Å². The lowest BCUT2D eigenvalue weighted by molar-refractivity contribution is 0.118. The van der Waals surface area contributed by atoms with Gasteiger partial charge in [0, 0.05) is 5.54 Å². The van der Waals surface area contributed by atoms with Crippen LogP contribution >= 0.6 is 0 Å². The summed E-state index contributed by atoms with van der Waals surface area (Å²) in [7, 11) is 0. The molecule has 0 aliphatic heterocycles. The van der Waals surface area contributed by atoms with Gasteiger partial charge in [-0.3, -0.25) is 0 Å². The second-order valence-corrected chi connectivity index (χ2v) is 5.70. The van der Waals surface area contributed by atoms with Gasteiger partial charge in [0.1, 0.15) is 0 Å². The zero-order valence-corrected chi connectivity index (χ0v) is 12.1. The first-order valence-corrected chi connectivity index (χ1v) is 7.52. The number of aliphatic hydroxyl groups is 1. The van der Waals surface area contributed by atoms with Gasteiger partial charge in [0.15, 0.2) is 5.82 Å². The third-order valence-corrected chi connectivity index (χ3v) is 4.27. The maximum absolute atomic E-state index is 9.74. The predicted molar refractivity (Wildman–Crippen MR) is 78.9 cm³/mol. The van der Waals surface area contributed by atoms with Gasteiger partial charge in [-0.2, -0.15) is 4.68 Å². The molecule has 1 saturated carbocycles. The standard InChI is InChI=1S/C15H21N5O/c21-12-15(9-5-2-6-10-15)16-11-14-17-18-19-20(14)13-7-3-1-4-8-13/h1,3-4,7-8,16,21H,2,5-6,9-12H2. The first-order valence-electron chi connectivity index (χ1n) is 7.52. The highest BCUT2D eigenvalue weighted by Gasteiger charge is 2.31. The van der Waals surface area contributed by atoms with Crippen molar-refractivity contribution in [3.63, 3.8) is 0 Å². The van der Waals surface area contributed by atoms with E-state index < -0.39 is 0 Å². The molecule has 112 valence electrons. The lowest BCUT2D eigenvalue weighted by Gasteiger charge is -2.36. The first-order chi connectivity index (χ1) is 10.3. The average Bonchev–Trinajstić information content (AvgIpc) is 3.03. The molecule has 1 aromatic heterocycles. The third kappa shape index (κ3) is 3.11. The summed E-state index contributed by atoms with van der Waals surface area (Å²) >= 11 is 0. The van der Waals surface area contributed by atoms with Gasteiger partial charge in [0.05, 0.1) is 18.8 Å². The van der Waals surface area contributed by atoms with Crippen molar-refractivity contribution in [2.45, 2.75) is 44.2 Å². The number of rotatable bonds is 5. The summed E-state index contributed by atoms with van der Waals surface area (Å²) < 4.78 is 1.74. The molecule has 0 saturated heterocycles. The lowest BCUT2D eigenvalue weighted by atomic mass is 9.82. The van der Waals surface area contributed by atoms with Crippen molar-refractivity contribution in [2.75, 3.05) is 6.61 Å². The molecule has 1 aliphatic carbocycles. The minimum Gasteiger partial charge on any atom is -0.394 e. The van der Waals surface area contributed by atoms with Gasteiger partial charge in [0.2, 0.25) is 0 Å². The van der Waals surface area contributed by atoms with Crippen LogP contribution in [-0.2, 0) is 6.54 Å². The molecule has 1 aromatic carbocycles. The Morgan fingerprint density at radius 2 is 1.90 bits per heavy atom. The Kier molecular flexibility index (Phi) is 4.26. The van der Waals surface area contributed by atoms with Crippen LogP contribution in [0.25, 0.3) is 5.69 Å². The van der Waals surface area contributed by atoms with Crippen molar-refractivity contribution in [1.82, 2.24) is 25.5 Å². The fourth-order valence-corrected chi connectivity index (χ4v) is 2.97. The van der Waals surface area contributed by atoms with E-state index in [2.05, 4.69) is 20.8 Å². The molecular weight excluding hydrogens is 266 g/mol. The summed E-state index contributed by atoms with van der Waals surface area (Å²) in [6.07, 6.45) is 5.60. The third-order valence-electron chi connectivity index (χ3n) is 4.27. The molecule has 21 heavy (non-hydrogen) atoms. The molecule has 0 atom stereocenters. The van der Waals surface area contributed by atoms with Gasteiger partial charge in [0.25, 0.3) is 0 Å². The van der Waals surface area contributed by atoms with Crippen molar-refractivity contribution < 1.29 is 5.11 Å².